The molecule has 0 aliphatic heterocycles. The largest absolute Gasteiger partial charge is 0.322 e. The first-order chi connectivity index (χ1) is 14.6. The zero-order chi connectivity index (χ0) is 20.9. The standard InChI is InChI=1S/C26H24N2O2/c1-19-11-14-23(15-12-19)28(25(29)16-13-20-7-3-2-4-8-20)18-22-17-21-9-5-6-10-24(21)27-26(22)30/h2-12,14-15,17H,13,16,18H2,1H3,(H,27,30). The number of nitrogens with one attached hydrogen (secondary N) is 1. The number of hydrogen-bond donors (Lipinski definition) is 1. The number of carbonyl (C=O) groups excluding carboxylic acids is 1. The van der Waals surface area contributed by atoms with E-state index in [9.17, 15) is 9.59 Å². The van der Waals surface area contributed by atoms with E-state index >= 15 is 0 Å². The summed E-state index contributed by atoms with van der Waals surface area (Å²) >= 11 is 0. The smallest absolute Gasteiger partial charge is 0.253 e. The third-order valence-electron chi connectivity index (χ3n) is 5.28. The summed E-state index contributed by atoms with van der Waals surface area (Å²) in [6, 6.07) is 27.4. The Balaban J connectivity index is 1.63. The predicted octanol–water partition coefficient (Wildman–Crippen LogP) is 5.00. The SMILES string of the molecule is Cc1ccc(N(Cc2cc3ccccc3[nH]c2=O)C(=O)CCc2ccccc2)cc1. The van der Waals surface area contributed by atoms with Crippen LogP contribution in [-0.2, 0) is 17.8 Å². The van der Waals surface area contributed by atoms with Gasteiger partial charge < -0.3 is 9.88 Å². The van der Waals surface area contributed by atoms with Crippen molar-refractivity contribution in [1.29, 1.82) is 0 Å². The molecule has 1 aromatic heterocycles. The Kier molecular flexibility index (Phi) is 5.75. The number of para-hydroxylation sites is 1. The van der Waals surface area contributed by atoms with Crippen molar-refractivity contribution in [2.75, 3.05) is 4.90 Å². The lowest BCUT2D eigenvalue weighted by atomic mass is 10.1. The van der Waals surface area contributed by atoms with Crippen molar-refractivity contribution in [1.82, 2.24) is 4.98 Å². The number of fused-ring (bicyclic) bond motifs is 1. The van der Waals surface area contributed by atoms with Crippen molar-refractivity contribution >= 4 is 22.5 Å². The second-order valence-corrected chi connectivity index (χ2v) is 7.51. The van der Waals surface area contributed by atoms with Crippen molar-refractivity contribution in [3.8, 4) is 0 Å². The highest BCUT2D eigenvalue weighted by Crippen LogP contribution is 2.20. The molecule has 0 radical (unpaired) electrons. The second kappa shape index (κ2) is 8.78. The Morgan fingerprint density at radius 2 is 1.60 bits per heavy atom. The van der Waals surface area contributed by atoms with E-state index < -0.39 is 0 Å². The van der Waals surface area contributed by atoms with E-state index in [2.05, 4.69) is 4.98 Å². The summed E-state index contributed by atoms with van der Waals surface area (Å²) in [5.41, 5.74) is 4.25. The summed E-state index contributed by atoms with van der Waals surface area (Å²) in [6.45, 7) is 2.25. The fourth-order valence-corrected chi connectivity index (χ4v) is 3.56. The molecule has 1 heterocycles. The number of carbonyl (C=O) groups is 1. The Labute approximate surface area is 175 Å². The molecule has 1 N–H and O–H groups in total. The Morgan fingerprint density at radius 1 is 0.900 bits per heavy atom. The Bertz CT molecular complexity index is 1210. The van der Waals surface area contributed by atoms with Gasteiger partial charge in [0, 0.05) is 23.2 Å². The van der Waals surface area contributed by atoms with Crippen molar-refractivity contribution in [2.45, 2.75) is 26.3 Å². The van der Waals surface area contributed by atoms with Crippen LogP contribution in [-0.4, -0.2) is 10.9 Å². The van der Waals surface area contributed by atoms with Gasteiger partial charge in [0.2, 0.25) is 5.91 Å². The van der Waals surface area contributed by atoms with E-state index in [1.807, 2.05) is 91.9 Å². The summed E-state index contributed by atoms with van der Waals surface area (Å²) in [5, 5.41) is 0.952. The van der Waals surface area contributed by atoms with Gasteiger partial charge in [0.15, 0.2) is 0 Å². The van der Waals surface area contributed by atoms with Crippen molar-refractivity contribution in [3.63, 3.8) is 0 Å². The van der Waals surface area contributed by atoms with Crippen LogP contribution in [0.5, 0.6) is 0 Å². The fraction of sp³-hybridized carbons (Fsp3) is 0.154. The van der Waals surface area contributed by atoms with Crippen LogP contribution < -0.4 is 10.5 Å². The third kappa shape index (κ3) is 4.49. The van der Waals surface area contributed by atoms with Crippen molar-refractivity contribution in [2.24, 2.45) is 0 Å². The van der Waals surface area contributed by atoms with Gasteiger partial charge in [-0.25, -0.2) is 0 Å². The molecule has 1 amide bonds. The highest BCUT2D eigenvalue weighted by atomic mass is 16.2. The number of H-pyrrole nitrogens is 1. The molecule has 0 saturated heterocycles. The number of benzene rings is 3. The first-order valence-electron chi connectivity index (χ1n) is 10.1. The number of pyridine rings is 1. The molecule has 4 aromatic rings. The van der Waals surface area contributed by atoms with E-state index in [0.29, 0.717) is 18.4 Å². The maximum atomic E-state index is 13.2. The molecule has 0 atom stereocenters. The lowest BCUT2D eigenvalue weighted by molar-refractivity contribution is -0.118. The molecular weight excluding hydrogens is 372 g/mol. The summed E-state index contributed by atoms with van der Waals surface area (Å²) < 4.78 is 0. The second-order valence-electron chi connectivity index (χ2n) is 7.51. The molecule has 0 spiro atoms. The van der Waals surface area contributed by atoms with Gasteiger partial charge in [-0.1, -0.05) is 66.2 Å². The average molecular weight is 396 g/mol. The molecule has 0 fully saturated rings. The first-order valence-corrected chi connectivity index (χ1v) is 10.1. The van der Waals surface area contributed by atoms with E-state index in [1.54, 1.807) is 4.90 Å². The molecule has 4 rings (SSSR count). The minimum atomic E-state index is -0.165. The highest BCUT2D eigenvalue weighted by molar-refractivity contribution is 5.93. The minimum absolute atomic E-state index is 0.00438. The average Bonchev–Trinajstić information content (AvgIpc) is 2.77. The molecular formula is C26H24N2O2. The van der Waals surface area contributed by atoms with E-state index in [4.69, 9.17) is 0 Å². The normalized spacial score (nSPS) is 10.8. The topological polar surface area (TPSA) is 53.2 Å². The van der Waals surface area contributed by atoms with Crippen LogP contribution in [0.1, 0.15) is 23.1 Å². The minimum Gasteiger partial charge on any atom is -0.322 e. The van der Waals surface area contributed by atoms with E-state index in [1.165, 1.54) is 0 Å². The Hall–Kier alpha value is -3.66. The zero-order valence-corrected chi connectivity index (χ0v) is 17.0. The number of amides is 1. The molecule has 30 heavy (non-hydrogen) atoms. The summed E-state index contributed by atoms with van der Waals surface area (Å²) in [6.07, 6.45) is 1.04. The zero-order valence-electron chi connectivity index (χ0n) is 17.0. The molecule has 0 aliphatic rings. The van der Waals surface area contributed by atoms with Crippen LogP contribution in [0.2, 0.25) is 0 Å². The van der Waals surface area contributed by atoms with Crippen LogP contribution in [0.15, 0.2) is 89.7 Å². The summed E-state index contributed by atoms with van der Waals surface area (Å²) in [5.74, 6) is -0.00438. The van der Waals surface area contributed by atoms with Gasteiger partial charge in [-0.2, -0.15) is 0 Å². The maximum Gasteiger partial charge on any atom is 0.253 e. The van der Waals surface area contributed by atoms with Crippen molar-refractivity contribution in [3.05, 3.63) is 112 Å². The lowest BCUT2D eigenvalue weighted by Gasteiger charge is -2.23. The van der Waals surface area contributed by atoms with Crippen LogP contribution in [0.4, 0.5) is 5.69 Å². The van der Waals surface area contributed by atoms with E-state index in [0.717, 1.165) is 27.7 Å². The van der Waals surface area contributed by atoms with Gasteiger partial charge in [-0.05, 0) is 48.6 Å². The molecule has 0 bridgehead atoms. The molecule has 4 heteroatoms. The van der Waals surface area contributed by atoms with Crippen molar-refractivity contribution < 1.29 is 4.79 Å². The van der Waals surface area contributed by atoms with Crippen LogP contribution in [0.3, 0.4) is 0 Å². The van der Waals surface area contributed by atoms with Crippen LogP contribution in [0.25, 0.3) is 10.9 Å². The van der Waals surface area contributed by atoms with Gasteiger partial charge in [0.05, 0.1) is 6.54 Å². The molecule has 0 saturated carbocycles. The first kappa shape index (κ1) is 19.6. The number of hydrogen-bond acceptors (Lipinski definition) is 2. The highest BCUT2D eigenvalue weighted by Gasteiger charge is 2.18. The molecule has 150 valence electrons. The number of nitrogens with zero attached hydrogens (tertiary/aromatic N) is 1. The number of aromatic nitrogens is 1. The van der Waals surface area contributed by atoms with Crippen LogP contribution >= 0.6 is 0 Å². The van der Waals surface area contributed by atoms with Gasteiger partial charge in [0.25, 0.3) is 5.56 Å². The van der Waals surface area contributed by atoms with Crippen LogP contribution in [0, 0.1) is 6.92 Å². The van der Waals surface area contributed by atoms with E-state index in [-0.39, 0.29) is 18.0 Å². The summed E-state index contributed by atoms with van der Waals surface area (Å²) in [4.78, 5) is 30.5. The van der Waals surface area contributed by atoms with Gasteiger partial charge in [-0.15, -0.1) is 0 Å². The van der Waals surface area contributed by atoms with Gasteiger partial charge in [-0.3, -0.25) is 9.59 Å². The maximum absolute atomic E-state index is 13.2. The summed E-state index contributed by atoms with van der Waals surface area (Å²) in [7, 11) is 0. The third-order valence-corrected chi connectivity index (χ3v) is 5.28. The lowest BCUT2D eigenvalue weighted by Crippen LogP contribution is -2.33. The number of aryl methyl sites for hydroxylation is 2. The molecule has 0 unspecified atom stereocenters. The molecule has 0 aliphatic carbocycles. The predicted molar refractivity (Wildman–Crippen MR) is 122 cm³/mol. The van der Waals surface area contributed by atoms with Gasteiger partial charge in [0.1, 0.15) is 0 Å². The monoisotopic (exact) mass is 396 g/mol. The number of aromatic amines is 1. The molecule has 3 aromatic carbocycles. The Morgan fingerprint density at radius 3 is 2.37 bits per heavy atom. The molecule has 4 nitrogen and oxygen atoms in total. The van der Waals surface area contributed by atoms with Gasteiger partial charge >= 0.3 is 0 Å². The number of anilines is 1. The quantitative estimate of drug-likeness (QED) is 0.498. The number of rotatable bonds is 6. The fourth-order valence-electron chi connectivity index (χ4n) is 3.56.